The summed E-state index contributed by atoms with van der Waals surface area (Å²) < 4.78 is 11.1. The topological polar surface area (TPSA) is 72.9 Å². The van der Waals surface area contributed by atoms with Gasteiger partial charge >= 0.3 is 0 Å². The van der Waals surface area contributed by atoms with Gasteiger partial charge in [0, 0.05) is 28.8 Å². The molecule has 0 aromatic heterocycles. The van der Waals surface area contributed by atoms with E-state index in [4.69, 9.17) is 9.47 Å². The highest BCUT2D eigenvalue weighted by Crippen LogP contribution is 2.29. The second-order valence-corrected chi connectivity index (χ2v) is 7.13. The fourth-order valence-electron chi connectivity index (χ4n) is 3.53. The Morgan fingerprint density at radius 1 is 1.07 bits per heavy atom. The molecule has 0 radical (unpaired) electrons. The predicted octanol–water partition coefficient (Wildman–Crippen LogP) is 2.49. The molecule has 28 heavy (non-hydrogen) atoms. The van der Waals surface area contributed by atoms with Crippen molar-refractivity contribution in [2.45, 2.75) is 33.2 Å². The highest BCUT2D eigenvalue weighted by molar-refractivity contribution is 6.24. The number of carbonyl (C=O) groups is 3. The zero-order valence-electron chi connectivity index (χ0n) is 16.5. The molecule has 0 spiro atoms. The minimum absolute atomic E-state index is 0.0799. The van der Waals surface area contributed by atoms with Gasteiger partial charge in [-0.2, -0.15) is 0 Å². The molecule has 6 nitrogen and oxygen atoms in total. The van der Waals surface area contributed by atoms with Crippen LogP contribution in [0.4, 0.5) is 0 Å². The quantitative estimate of drug-likeness (QED) is 0.731. The molecular weight excluding hydrogens is 358 g/mol. The van der Waals surface area contributed by atoms with Crippen molar-refractivity contribution in [3.8, 4) is 5.75 Å². The lowest BCUT2D eigenvalue weighted by Crippen LogP contribution is -2.50. The number of carbonyl (C=O) groups excluding carboxylic acids is 3. The van der Waals surface area contributed by atoms with Crippen LogP contribution in [0.25, 0.3) is 0 Å². The van der Waals surface area contributed by atoms with Crippen molar-refractivity contribution in [3.63, 3.8) is 0 Å². The van der Waals surface area contributed by atoms with Crippen LogP contribution in [0.5, 0.6) is 5.75 Å². The van der Waals surface area contributed by atoms with Crippen LogP contribution in [0.1, 0.15) is 27.2 Å². The smallest absolute Gasteiger partial charge is 0.260 e. The third-order valence-electron chi connectivity index (χ3n) is 5.40. The minimum Gasteiger partial charge on any atom is -0.484 e. The Kier molecular flexibility index (Phi) is 6.09. The number of ketones is 2. The number of hydrogen-bond donors (Lipinski definition) is 0. The summed E-state index contributed by atoms with van der Waals surface area (Å²) in [5.41, 5.74) is 1.92. The first-order valence-corrected chi connectivity index (χ1v) is 9.41. The molecular formula is C22H25NO5. The highest BCUT2D eigenvalue weighted by atomic mass is 16.5. The lowest BCUT2D eigenvalue weighted by atomic mass is 9.83. The number of Topliss-reactive ketones (excluding diaryl/α,β-unsaturated/α-hetero) is 2. The molecule has 0 N–H and O–H groups in total. The minimum atomic E-state index is -0.298. The SMILES string of the molecule is CC1=C(C)C(=O)C(CC2COCCN2C(=O)COc2ccccc2)=C(C)C1=O. The van der Waals surface area contributed by atoms with Gasteiger partial charge in [0.2, 0.25) is 0 Å². The molecule has 2 aliphatic rings. The molecule has 0 bridgehead atoms. The van der Waals surface area contributed by atoms with E-state index in [0.29, 0.717) is 54.2 Å². The summed E-state index contributed by atoms with van der Waals surface area (Å²) in [7, 11) is 0. The number of morpholine rings is 1. The molecule has 1 saturated heterocycles. The monoisotopic (exact) mass is 383 g/mol. The molecule has 1 fully saturated rings. The van der Waals surface area contributed by atoms with Crippen LogP contribution >= 0.6 is 0 Å². The van der Waals surface area contributed by atoms with Crippen LogP contribution in [0.15, 0.2) is 52.6 Å². The molecule has 0 saturated carbocycles. The second-order valence-electron chi connectivity index (χ2n) is 7.13. The molecule has 1 amide bonds. The third kappa shape index (κ3) is 4.07. The van der Waals surface area contributed by atoms with E-state index >= 15 is 0 Å². The molecule has 1 aliphatic carbocycles. The van der Waals surface area contributed by atoms with Crippen molar-refractivity contribution >= 4 is 17.5 Å². The van der Waals surface area contributed by atoms with Crippen LogP contribution in [0, 0.1) is 0 Å². The number of ether oxygens (including phenoxy) is 2. The number of allylic oxidation sites excluding steroid dienone is 3. The normalized spacial score (nSPS) is 20.7. The van der Waals surface area contributed by atoms with E-state index < -0.39 is 0 Å². The number of rotatable bonds is 5. The number of amides is 1. The Balaban J connectivity index is 1.72. The summed E-state index contributed by atoms with van der Waals surface area (Å²) in [5.74, 6) is 0.249. The zero-order chi connectivity index (χ0) is 20.3. The summed E-state index contributed by atoms with van der Waals surface area (Å²) in [6, 6.07) is 8.85. The van der Waals surface area contributed by atoms with E-state index in [1.165, 1.54) is 0 Å². The average molecular weight is 383 g/mol. The Bertz CT molecular complexity index is 853. The largest absolute Gasteiger partial charge is 0.484 e. The fraction of sp³-hybridized carbons (Fsp3) is 0.409. The maximum Gasteiger partial charge on any atom is 0.260 e. The summed E-state index contributed by atoms with van der Waals surface area (Å²) >= 11 is 0. The first-order valence-electron chi connectivity index (χ1n) is 9.41. The molecule has 148 valence electrons. The van der Waals surface area contributed by atoms with Crippen molar-refractivity contribution in [1.29, 1.82) is 0 Å². The van der Waals surface area contributed by atoms with Gasteiger partial charge in [-0.3, -0.25) is 14.4 Å². The van der Waals surface area contributed by atoms with Crippen LogP contribution in [-0.2, 0) is 19.1 Å². The van der Waals surface area contributed by atoms with Gasteiger partial charge in [-0.05, 0) is 39.3 Å². The molecule has 1 heterocycles. The molecule has 1 atom stereocenters. The maximum atomic E-state index is 12.7. The van der Waals surface area contributed by atoms with E-state index in [1.54, 1.807) is 37.8 Å². The molecule has 1 aromatic carbocycles. The Labute approximate surface area is 164 Å². The number of para-hydroxylation sites is 1. The average Bonchev–Trinajstić information content (AvgIpc) is 2.73. The van der Waals surface area contributed by atoms with Gasteiger partial charge in [-0.15, -0.1) is 0 Å². The predicted molar refractivity (Wildman–Crippen MR) is 104 cm³/mol. The lowest BCUT2D eigenvalue weighted by molar-refractivity contribution is -0.142. The Morgan fingerprint density at radius 3 is 2.46 bits per heavy atom. The van der Waals surface area contributed by atoms with Gasteiger partial charge in [-0.25, -0.2) is 0 Å². The van der Waals surface area contributed by atoms with Crippen LogP contribution in [0.3, 0.4) is 0 Å². The first-order chi connectivity index (χ1) is 13.4. The first kappa shape index (κ1) is 20.0. The summed E-state index contributed by atoms with van der Waals surface area (Å²) in [4.78, 5) is 39.6. The zero-order valence-corrected chi connectivity index (χ0v) is 16.5. The summed E-state index contributed by atoms with van der Waals surface area (Å²) in [6.07, 6.45) is 0.304. The van der Waals surface area contributed by atoms with Crippen molar-refractivity contribution in [3.05, 3.63) is 52.6 Å². The standard InChI is InChI=1S/C22H25NO5/c1-14-15(2)22(26)19(16(3)21(14)25)11-17-12-27-10-9-23(17)20(24)13-28-18-7-5-4-6-8-18/h4-8,17H,9-13H2,1-3H3. The van der Waals surface area contributed by atoms with Gasteiger partial charge in [0.1, 0.15) is 5.75 Å². The van der Waals surface area contributed by atoms with E-state index in [2.05, 4.69) is 0 Å². The van der Waals surface area contributed by atoms with E-state index in [1.807, 2.05) is 18.2 Å². The number of benzene rings is 1. The van der Waals surface area contributed by atoms with Crippen molar-refractivity contribution in [2.75, 3.05) is 26.4 Å². The Hall–Kier alpha value is -2.73. The summed E-state index contributed by atoms with van der Waals surface area (Å²) in [6.45, 7) is 6.16. The second kappa shape index (κ2) is 8.52. The van der Waals surface area contributed by atoms with Gasteiger partial charge in [-0.1, -0.05) is 18.2 Å². The van der Waals surface area contributed by atoms with Crippen molar-refractivity contribution < 1.29 is 23.9 Å². The Morgan fingerprint density at radius 2 is 1.75 bits per heavy atom. The van der Waals surface area contributed by atoms with Gasteiger partial charge < -0.3 is 14.4 Å². The van der Waals surface area contributed by atoms with Gasteiger partial charge in [0.25, 0.3) is 5.91 Å². The van der Waals surface area contributed by atoms with Crippen molar-refractivity contribution in [2.24, 2.45) is 0 Å². The highest BCUT2D eigenvalue weighted by Gasteiger charge is 2.34. The van der Waals surface area contributed by atoms with Crippen molar-refractivity contribution in [1.82, 2.24) is 4.90 Å². The van der Waals surface area contributed by atoms with E-state index in [-0.39, 0.29) is 30.1 Å². The maximum absolute atomic E-state index is 12.7. The van der Waals surface area contributed by atoms with Crippen LogP contribution in [-0.4, -0.2) is 54.8 Å². The van der Waals surface area contributed by atoms with Crippen LogP contribution in [0.2, 0.25) is 0 Å². The molecule has 3 rings (SSSR count). The van der Waals surface area contributed by atoms with Gasteiger partial charge in [0.15, 0.2) is 18.2 Å². The summed E-state index contributed by atoms with van der Waals surface area (Å²) in [5, 5.41) is 0. The van der Waals surface area contributed by atoms with Crippen LogP contribution < -0.4 is 4.74 Å². The molecule has 1 aromatic rings. The lowest BCUT2D eigenvalue weighted by Gasteiger charge is -2.36. The fourth-order valence-corrected chi connectivity index (χ4v) is 3.53. The molecule has 1 aliphatic heterocycles. The van der Waals surface area contributed by atoms with E-state index in [0.717, 1.165) is 0 Å². The number of nitrogens with zero attached hydrogens (tertiary/aromatic N) is 1. The van der Waals surface area contributed by atoms with Gasteiger partial charge in [0.05, 0.1) is 19.3 Å². The number of hydrogen-bond acceptors (Lipinski definition) is 5. The molecule has 6 heteroatoms. The third-order valence-corrected chi connectivity index (χ3v) is 5.40. The van der Waals surface area contributed by atoms with E-state index in [9.17, 15) is 14.4 Å². The molecule has 1 unspecified atom stereocenters.